The molecule has 152 valence electrons. The highest BCUT2D eigenvalue weighted by Crippen LogP contribution is 2.36. The topological polar surface area (TPSA) is 60.2 Å². The Morgan fingerprint density at radius 1 is 1.34 bits per heavy atom. The lowest BCUT2D eigenvalue weighted by Gasteiger charge is -2.24. The van der Waals surface area contributed by atoms with Crippen molar-refractivity contribution in [1.82, 2.24) is 14.5 Å². The van der Waals surface area contributed by atoms with Crippen LogP contribution in [0.25, 0.3) is 11.0 Å². The van der Waals surface area contributed by atoms with E-state index in [0.29, 0.717) is 23.0 Å². The predicted molar refractivity (Wildman–Crippen MR) is 114 cm³/mol. The van der Waals surface area contributed by atoms with Gasteiger partial charge in [-0.25, -0.2) is 9.97 Å². The molecule has 1 aromatic carbocycles. The van der Waals surface area contributed by atoms with E-state index < -0.39 is 0 Å². The molecule has 0 bridgehead atoms. The Labute approximate surface area is 175 Å². The number of hydrogen-bond donors (Lipinski definition) is 0. The number of ether oxygens (including phenoxy) is 1. The average Bonchev–Trinajstić information content (AvgIpc) is 3.50. The summed E-state index contributed by atoms with van der Waals surface area (Å²) in [5, 5.41) is 0.343. The fourth-order valence-electron chi connectivity index (χ4n) is 3.61. The highest BCUT2D eigenvalue weighted by atomic mass is 35.5. The number of methoxy groups -OCH3 is 1. The molecule has 1 amide bonds. The first-order chi connectivity index (χ1) is 14.0. The molecule has 0 unspecified atom stereocenters. The average molecular weight is 413 g/mol. The van der Waals surface area contributed by atoms with Gasteiger partial charge >= 0.3 is 0 Å². The maximum Gasteiger partial charge on any atom is 0.231 e. The zero-order chi connectivity index (χ0) is 20.5. The molecule has 6 nitrogen and oxygen atoms in total. The molecule has 2 heterocycles. The number of anilines is 1. The summed E-state index contributed by atoms with van der Waals surface area (Å²) in [6.45, 7) is 2.52. The third-order valence-electron chi connectivity index (χ3n) is 5.33. The van der Waals surface area contributed by atoms with Crippen molar-refractivity contribution in [2.45, 2.75) is 39.2 Å². The van der Waals surface area contributed by atoms with E-state index in [9.17, 15) is 4.79 Å². The monoisotopic (exact) mass is 412 g/mol. The number of aromatic nitrogens is 3. The summed E-state index contributed by atoms with van der Waals surface area (Å²) >= 11 is 6.30. The van der Waals surface area contributed by atoms with Gasteiger partial charge in [0.1, 0.15) is 16.4 Å². The number of aryl methyl sites for hydroxylation is 2. The SMILES string of the molecule is CCCc1ccc(CN(C(=O)C2CC2)c2nc(Cl)cc3c2ncn3C)c(OC)c1. The van der Waals surface area contributed by atoms with Gasteiger partial charge in [-0.15, -0.1) is 0 Å². The van der Waals surface area contributed by atoms with Crippen LogP contribution in [0.5, 0.6) is 5.75 Å². The number of benzene rings is 1. The van der Waals surface area contributed by atoms with Crippen LogP contribution in [0.1, 0.15) is 37.3 Å². The van der Waals surface area contributed by atoms with Crippen molar-refractivity contribution < 1.29 is 9.53 Å². The first kappa shape index (κ1) is 19.7. The van der Waals surface area contributed by atoms with Crippen LogP contribution in [0.15, 0.2) is 30.6 Å². The third kappa shape index (κ3) is 3.94. The van der Waals surface area contributed by atoms with Gasteiger partial charge in [0.15, 0.2) is 5.82 Å². The molecule has 0 spiro atoms. The minimum atomic E-state index is 0.0416. The fraction of sp³-hybridized carbons (Fsp3) is 0.409. The molecule has 0 aliphatic heterocycles. The van der Waals surface area contributed by atoms with Gasteiger partial charge in [0, 0.05) is 24.6 Å². The summed E-state index contributed by atoms with van der Waals surface area (Å²) in [5.74, 6) is 1.39. The van der Waals surface area contributed by atoms with Crippen LogP contribution >= 0.6 is 11.6 Å². The van der Waals surface area contributed by atoms with E-state index in [0.717, 1.165) is 42.5 Å². The maximum absolute atomic E-state index is 13.2. The molecule has 3 aromatic rings. The second-order valence-electron chi connectivity index (χ2n) is 7.59. The fourth-order valence-corrected chi connectivity index (χ4v) is 3.79. The molecule has 29 heavy (non-hydrogen) atoms. The van der Waals surface area contributed by atoms with Gasteiger partial charge in [0.2, 0.25) is 5.91 Å². The molecule has 0 N–H and O–H groups in total. The van der Waals surface area contributed by atoms with Crippen molar-refractivity contribution in [3.63, 3.8) is 0 Å². The number of pyridine rings is 1. The second kappa shape index (κ2) is 8.03. The molecule has 0 saturated heterocycles. The molecule has 0 radical (unpaired) electrons. The van der Waals surface area contributed by atoms with Gasteiger partial charge in [-0.3, -0.25) is 9.69 Å². The van der Waals surface area contributed by atoms with Crippen molar-refractivity contribution in [2.75, 3.05) is 12.0 Å². The van der Waals surface area contributed by atoms with Crippen LogP contribution in [-0.2, 0) is 24.8 Å². The number of nitrogens with zero attached hydrogens (tertiary/aromatic N) is 4. The van der Waals surface area contributed by atoms with E-state index in [1.165, 1.54) is 5.56 Å². The van der Waals surface area contributed by atoms with Crippen LogP contribution in [0, 0.1) is 5.92 Å². The van der Waals surface area contributed by atoms with Crippen LogP contribution in [-0.4, -0.2) is 27.6 Å². The summed E-state index contributed by atoms with van der Waals surface area (Å²) in [6, 6.07) is 7.97. The van der Waals surface area contributed by atoms with Gasteiger partial charge < -0.3 is 9.30 Å². The number of halogens is 1. The zero-order valence-electron chi connectivity index (χ0n) is 17.0. The van der Waals surface area contributed by atoms with E-state index in [1.807, 2.05) is 17.7 Å². The number of carbonyl (C=O) groups is 1. The van der Waals surface area contributed by atoms with Crippen LogP contribution < -0.4 is 9.64 Å². The smallest absolute Gasteiger partial charge is 0.231 e. The highest BCUT2D eigenvalue weighted by Gasteiger charge is 2.36. The van der Waals surface area contributed by atoms with Crippen molar-refractivity contribution in [3.8, 4) is 5.75 Å². The van der Waals surface area contributed by atoms with E-state index in [2.05, 4.69) is 29.0 Å². The van der Waals surface area contributed by atoms with Gasteiger partial charge in [0.05, 0.1) is 25.5 Å². The lowest BCUT2D eigenvalue weighted by atomic mass is 10.1. The second-order valence-corrected chi connectivity index (χ2v) is 7.97. The summed E-state index contributed by atoms with van der Waals surface area (Å²) < 4.78 is 7.52. The van der Waals surface area contributed by atoms with Crippen molar-refractivity contribution in [2.24, 2.45) is 13.0 Å². The van der Waals surface area contributed by atoms with Gasteiger partial charge in [-0.05, 0) is 30.9 Å². The summed E-state index contributed by atoms with van der Waals surface area (Å²) in [5.41, 5.74) is 3.68. The van der Waals surface area contributed by atoms with Crippen LogP contribution in [0.4, 0.5) is 5.82 Å². The van der Waals surface area contributed by atoms with Gasteiger partial charge in [-0.2, -0.15) is 0 Å². The number of imidazole rings is 1. The van der Waals surface area contributed by atoms with Crippen molar-refractivity contribution in [3.05, 3.63) is 46.9 Å². The molecule has 2 aromatic heterocycles. The standard InChI is InChI=1S/C22H25ClN4O2/c1-4-5-14-6-7-16(18(10-14)29-3)12-27(22(28)15-8-9-15)21-20-17(11-19(23)25-21)26(2)13-24-20/h6-7,10-11,13,15H,4-5,8-9,12H2,1-3H3. The molecule has 1 fully saturated rings. The number of hydrogen-bond acceptors (Lipinski definition) is 4. The number of fused-ring (bicyclic) bond motifs is 1. The molecule has 7 heteroatoms. The Kier molecular flexibility index (Phi) is 5.46. The Morgan fingerprint density at radius 3 is 2.83 bits per heavy atom. The largest absolute Gasteiger partial charge is 0.496 e. The van der Waals surface area contributed by atoms with Gasteiger partial charge in [-0.1, -0.05) is 37.1 Å². The zero-order valence-corrected chi connectivity index (χ0v) is 17.7. The van der Waals surface area contributed by atoms with Crippen molar-refractivity contribution in [1.29, 1.82) is 0 Å². The predicted octanol–water partition coefficient (Wildman–Crippen LogP) is 4.53. The van der Waals surface area contributed by atoms with Crippen LogP contribution in [0.3, 0.4) is 0 Å². The summed E-state index contributed by atoms with van der Waals surface area (Å²) in [4.78, 5) is 23.9. The Morgan fingerprint density at radius 2 is 2.14 bits per heavy atom. The molecule has 1 saturated carbocycles. The third-order valence-corrected chi connectivity index (χ3v) is 5.52. The molecular formula is C22H25ClN4O2. The van der Waals surface area contributed by atoms with Crippen LogP contribution in [0.2, 0.25) is 5.15 Å². The molecule has 4 rings (SSSR count). The highest BCUT2D eigenvalue weighted by molar-refractivity contribution is 6.30. The number of carbonyl (C=O) groups excluding carboxylic acids is 1. The molecule has 1 aliphatic carbocycles. The summed E-state index contributed by atoms with van der Waals surface area (Å²) in [6.07, 6.45) is 5.60. The van der Waals surface area contributed by atoms with E-state index >= 15 is 0 Å². The lowest BCUT2D eigenvalue weighted by molar-refractivity contribution is -0.119. The van der Waals surface area contributed by atoms with E-state index in [4.69, 9.17) is 16.3 Å². The first-order valence-electron chi connectivity index (χ1n) is 9.96. The Balaban J connectivity index is 1.78. The Hall–Kier alpha value is -2.60. The maximum atomic E-state index is 13.2. The molecular weight excluding hydrogens is 388 g/mol. The lowest BCUT2D eigenvalue weighted by Crippen LogP contribution is -2.33. The Bertz CT molecular complexity index is 1060. The first-order valence-corrected chi connectivity index (χ1v) is 10.3. The summed E-state index contributed by atoms with van der Waals surface area (Å²) in [7, 11) is 3.56. The quantitative estimate of drug-likeness (QED) is 0.535. The van der Waals surface area contributed by atoms with Gasteiger partial charge in [0.25, 0.3) is 0 Å². The molecule has 1 aliphatic rings. The molecule has 0 atom stereocenters. The van der Waals surface area contributed by atoms with Crippen molar-refractivity contribution >= 4 is 34.4 Å². The minimum Gasteiger partial charge on any atom is -0.496 e. The number of rotatable bonds is 7. The van der Waals surface area contributed by atoms with E-state index in [-0.39, 0.29) is 11.8 Å². The van der Waals surface area contributed by atoms with E-state index in [1.54, 1.807) is 24.4 Å². The number of amides is 1. The normalized spacial score (nSPS) is 13.7. The minimum absolute atomic E-state index is 0.0416.